The Bertz CT molecular complexity index is 673. The first-order chi connectivity index (χ1) is 12.9. The molecule has 148 valence electrons. The van der Waals surface area contributed by atoms with Crippen LogP contribution in [0.25, 0.3) is 0 Å². The molecule has 1 aromatic rings. The van der Waals surface area contributed by atoms with Crippen molar-refractivity contribution in [2.75, 3.05) is 33.7 Å². The van der Waals surface area contributed by atoms with Gasteiger partial charge in [0, 0.05) is 31.2 Å². The summed E-state index contributed by atoms with van der Waals surface area (Å²) in [6.45, 7) is 6.29. The van der Waals surface area contributed by atoms with Crippen molar-refractivity contribution in [2.45, 2.75) is 58.0 Å². The van der Waals surface area contributed by atoms with E-state index >= 15 is 0 Å². The molecule has 0 radical (unpaired) electrons. The van der Waals surface area contributed by atoms with Gasteiger partial charge < -0.3 is 14.7 Å². The van der Waals surface area contributed by atoms with Crippen LogP contribution in [0, 0.1) is 13.8 Å². The van der Waals surface area contributed by atoms with Crippen molar-refractivity contribution in [1.29, 1.82) is 0 Å². The molecule has 5 heteroatoms. The van der Waals surface area contributed by atoms with Crippen LogP contribution < -0.4 is 0 Å². The van der Waals surface area contributed by atoms with Crippen molar-refractivity contribution >= 4 is 11.8 Å². The number of hydrogen-bond acceptors (Lipinski definition) is 3. The van der Waals surface area contributed by atoms with E-state index in [9.17, 15) is 9.59 Å². The first-order valence-corrected chi connectivity index (χ1v) is 10.2. The molecule has 27 heavy (non-hydrogen) atoms. The Kier molecular flexibility index (Phi) is 6.20. The molecule has 1 unspecified atom stereocenters. The van der Waals surface area contributed by atoms with Gasteiger partial charge in [-0.05, 0) is 72.2 Å². The molecule has 3 rings (SSSR count). The normalized spacial score (nSPS) is 21.6. The molecule has 2 amide bonds. The van der Waals surface area contributed by atoms with Crippen LogP contribution in [0.15, 0.2) is 18.2 Å². The molecule has 1 aromatic carbocycles. The molecular weight excluding hydrogens is 338 g/mol. The van der Waals surface area contributed by atoms with Gasteiger partial charge in [0.15, 0.2) is 0 Å². The number of benzene rings is 1. The van der Waals surface area contributed by atoms with Crippen molar-refractivity contribution in [3.63, 3.8) is 0 Å². The maximum atomic E-state index is 13.2. The van der Waals surface area contributed by atoms with E-state index in [0.717, 1.165) is 56.3 Å². The summed E-state index contributed by atoms with van der Waals surface area (Å²) < 4.78 is 0. The number of carbonyl (C=O) groups is 2. The third kappa shape index (κ3) is 4.52. The molecule has 1 atom stereocenters. The van der Waals surface area contributed by atoms with E-state index in [1.54, 1.807) is 0 Å². The summed E-state index contributed by atoms with van der Waals surface area (Å²) in [5, 5.41) is 0. The highest BCUT2D eigenvalue weighted by Crippen LogP contribution is 2.24. The largest absolute Gasteiger partial charge is 0.341 e. The molecule has 0 saturated carbocycles. The second kappa shape index (κ2) is 8.42. The number of hydrogen-bond donors (Lipinski definition) is 0. The predicted octanol–water partition coefficient (Wildman–Crippen LogP) is 2.85. The number of nitrogens with zero attached hydrogens (tertiary/aromatic N) is 3. The number of aryl methyl sites for hydroxylation is 2. The minimum absolute atomic E-state index is 0.00280. The van der Waals surface area contributed by atoms with Gasteiger partial charge in [-0.3, -0.25) is 9.59 Å². The number of piperidine rings is 2. The fraction of sp³-hybridized carbons (Fsp3) is 0.636. The Balaban J connectivity index is 1.73. The monoisotopic (exact) mass is 371 g/mol. The first kappa shape index (κ1) is 19.9. The zero-order valence-electron chi connectivity index (χ0n) is 17.2. The summed E-state index contributed by atoms with van der Waals surface area (Å²) in [6.07, 6.45) is 4.79. The van der Waals surface area contributed by atoms with Gasteiger partial charge >= 0.3 is 0 Å². The van der Waals surface area contributed by atoms with Gasteiger partial charge in [0.25, 0.3) is 5.91 Å². The molecule has 2 aliphatic rings. The summed E-state index contributed by atoms with van der Waals surface area (Å²) in [4.78, 5) is 32.5. The van der Waals surface area contributed by atoms with E-state index in [-0.39, 0.29) is 17.9 Å². The Morgan fingerprint density at radius 2 is 1.56 bits per heavy atom. The second-order valence-corrected chi connectivity index (χ2v) is 8.41. The maximum Gasteiger partial charge on any atom is 0.254 e. The number of carbonyl (C=O) groups excluding carboxylic acids is 2. The fourth-order valence-electron chi connectivity index (χ4n) is 4.51. The van der Waals surface area contributed by atoms with Gasteiger partial charge in [0.1, 0.15) is 6.04 Å². The number of rotatable bonds is 3. The molecule has 2 aliphatic heterocycles. The van der Waals surface area contributed by atoms with Crippen LogP contribution in [0.4, 0.5) is 0 Å². The third-order valence-electron chi connectivity index (χ3n) is 6.02. The summed E-state index contributed by atoms with van der Waals surface area (Å²) in [5.74, 6) is 0.146. The van der Waals surface area contributed by atoms with Gasteiger partial charge in [-0.2, -0.15) is 0 Å². The highest BCUT2D eigenvalue weighted by atomic mass is 16.2. The van der Waals surface area contributed by atoms with Crippen LogP contribution in [0.2, 0.25) is 0 Å². The molecule has 2 saturated heterocycles. The molecule has 0 aromatic heterocycles. The van der Waals surface area contributed by atoms with Crippen molar-refractivity contribution in [3.8, 4) is 0 Å². The van der Waals surface area contributed by atoms with E-state index in [0.29, 0.717) is 18.2 Å². The predicted molar refractivity (Wildman–Crippen MR) is 108 cm³/mol. The second-order valence-electron chi connectivity index (χ2n) is 8.41. The van der Waals surface area contributed by atoms with Crippen molar-refractivity contribution < 1.29 is 9.59 Å². The number of amides is 2. The lowest BCUT2D eigenvalue weighted by Crippen LogP contribution is -2.55. The van der Waals surface area contributed by atoms with Gasteiger partial charge in [-0.1, -0.05) is 17.2 Å². The summed E-state index contributed by atoms with van der Waals surface area (Å²) >= 11 is 0. The molecular formula is C22H33N3O2. The highest BCUT2D eigenvalue weighted by Gasteiger charge is 2.36. The molecule has 5 nitrogen and oxygen atoms in total. The SMILES string of the molecule is Cc1cc(C)cc(C(=O)N2CCCCC2C(=O)N2CCC(N(C)C)CC2)c1. The van der Waals surface area contributed by atoms with Gasteiger partial charge in [-0.25, -0.2) is 0 Å². The number of likely N-dealkylation sites (tertiary alicyclic amines) is 2. The van der Waals surface area contributed by atoms with Gasteiger partial charge in [0.2, 0.25) is 5.91 Å². The van der Waals surface area contributed by atoms with E-state index in [1.807, 2.05) is 35.8 Å². The zero-order valence-corrected chi connectivity index (χ0v) is 17.2. The van der Waals surface area contributed by atoms with E-state index < -0.39 is 0 Å². The summed E-state index contributed by atoms with van der Waals surface area (Å²) in [5.41, 5.74) is 2.88. The smallest absolute Gasteiger partial charge is 0.254 e. The third-order valence-corrected chi connectivity index (χ3v) is 6.02. The minimum Gasteiger partial charge on any atom is -0.341 e. The van der Waals surface area contributed by atoms with Gasteiger partial charge in [-0.15, -0.1) is 0 Å². The Labute approximate surface area is 163 Å². The van der Waals surface area contributed by atoms with E-state index in [1.165, 1.54) is 0 Å². The molecule has 0 N–H and O–H groups in total. The average molecular weight is 372 g/mol. The minimum atomic E-state index is -0.303. The van der Waals surface area contributed by atoms with Crippen LogP contribution in [-0.4, -0.2) is 72.3 Å². The Morgan fingerprint density at radius 1 is 0.926 bits per heavy atom. The van der Waals surface area contributed by atoms with Crippen molar-refractivity contribution in [1.82, 2.24) is 14.7 Å². The lowest BCUT2D eigenvalue weighted by atomic mass is 9.97. The van der Waals surface area contributed by atoms with Crippen molar-refractivity contribution in [2.24, 2.45) is 0 Å². The van der Waals surface area contributed by atoms with Crippen LogP contribution in [-0.2, 0) is 4.79 Å². The topological polar surface area (TPSA) is 43.9 Å². The summed E-state index contributed by atoms with van der Waals surface area (Å²) in [6, 6.07) is 6.20. The Hall–Kier alpha value is -1.88. The van der Waals surface area contributed by atoms with Crippen LogP contribution in [0.1, 0.15) is 53.6 Å². The van der Waals surface area contributed by atoms with Crippen LogP contribution in [0.5, 0.6) is 0 Å². The lowest BCUT2D eigenvalue weighted by Gasteiger charge is -2.41. The molecule has 0 aliphatic carbocycles. The maximum absolute atomic E-state index is 13.2. The average Bonchev–Trinajstić information content (AvgIpc) is 2.66. The van der Waals surface area contributed by atoms with E-state index in [4.69, 9.17) is 0 Å². The molecule has 2 fully saturated rings. The highest BCUT2D eigenvalue weighted by molar-refractivity contribution is 5.98. The fourth-order valence-corrected chi connectivity index (χ4v) is 4.51. The summed E-state index contributed by atoms with van der Waals surface area (Å²) in [7, 11) is 4.21. The molecule has 2 heterocycles. The first-order valence-electron chi connectivity index (χ1n) is 10.2. The quantitative estimate of drug-likeness (QED) is 0.821. The molecule has 0 spiro atoms. The Morgan fingerprint density at radius 3 is 2.15 bits per heavy atom. The molecule has 0 bridgehead atoms. The van der Waals surface area contributed by atoms with Gasteiger partial charge in [0.05, 0.1) is 0 Å². The van der Waals surface area contributed by atoms with Crippen LogP contribution >= 0.6 is 0 Å². The van der Waals surface area contributed by atoms with Crippen LogP contribution in [0.3, 0.4) is 0 Å². The lowest BCUT2D eigenvalue weighted by molar-refractivity contribution is -0.138. The standard InChI is InChI=1S/C22H33N3O2/c1-16-13-17(2)15-18(14-16)21(26)25-10-6-5-7-20(25)22(27)24-11-8-19(9-12-24)23(3)4/h13-15,19-20H,5-12H2,1-4H3. The zero-order chi connectivity index (χ0) is 19.6. The van der Waals surface area contributed by atoms with Crippen molar-refractivity contribution in [3.05, 3.63) is 34.9 Å². The van der Waals surface area contributed by atoms with E-state index in [2.05, 4.69) is 25.1 Å².